The SMILES string of the molecule is COc1ccc(C(=O)Nc2ccc(Nc3cc(C)ccc3C)nc2)cc1. The van der Waals surface area contributed by atoms with Crippen LogP contribution in [0.5, 0.6) is 5.75 Å². The molecule has 2 N–H and O–H groups in total. The van der Waals surface area contributed by atoms with E-state index in [1.54, 1.807) is 37.6 Å². The molecule has 0 bridgehead atoms. The van der Waals surface area contributed by atoms with Gasteiger partial charge in [-0.05, 0) is 67.4 Å². The minimum absolute atomic E-state index is 0.190. The van der Waals surface area contributed by atoms with Gasteiger partial charge in [0.15, 0.2) is 0 Å². The Balaban J connectivity index is 1.67. The van der Waals surface area contributed by atoms with Gasteiger partial charge in [0, 0.05) is 11.3 Å². The fraction of sp³-hybridized carbons (Fsp3) is 0.143. The van der Waals surface area contributed by atoms with Gasteiger partial charge in [-0.2, -0.15) is 0 Å². The molecule has 132 valence electrons. The molecule has 3 rings (SSSR count). The zero-order valence-electron chi connectivity index (χ0n) is 15.0. The summed E-state index contributed by atoms with van der Waals surface area (Å²) in [4.78, 5) is 16.6. The van der Waals surface area contributed by atoms with E-state index in [-0.39, 0.29) is 5.91 Å². The van der Waals surface area contributed by atoms with E-state index in [9.17, 15) is 4.79 Å². The van der Waals surface area contributed by atoms with E-state index in [0.29, 0.717) is 17.0 Å². The first kappa shape index (κ1) is 17.5. The van der Waals surface area contributed by atoms with Crippen molar-refractivity contribution in [3.8, 4) is 5.75 Å². The number of aryl methyl sites for hydroxylation is 2. The molecule has 1 amide bonds. The number of hydrogen-bond acceptors (Lipinski definition) is 4. The van der Waals surface area contributed by atoms with E-state index >= 15 is 0 Å². The number of pyridine rings is 1. The lowest BCUT2D eigenvalue weighted by molar-refractivity contribution is 0.102. The molecule has 1 aromatic heterocycles. The topological polar surface area (TPSA) is 63.2 Å². The quantitative estimate of drug-likeness (QED) is 0.702. The molecule has 0 spiro atoms. The fourth-order valence-electron chi connectivity index (χ4n) is 2.50. The number of anilines is 3. The molecule has 0 radical (unpaired) electrons. The summed E-state index contributed by atoms with van der Waals surface area (Å²) in [7, 11) is 1.59. The highest BCUT2D eigenvalue weighted by Gasteiger charge is 2.07. The van der Waals surface area contributed by atoms with E-state index in [1.807, 2.05) is 19.1 Å². The maximum Gasteiger partial charge on any atom is 0.255 e. The number of hydrogen-bond donors (Lipinski definition) is 2. The van der Waals surface area contributed by atoms with Crippen molar-refractivity contribution >= 4 is 23.1 Å². The predicted octanol–water partition coefficient (Wildman–Crippen LogP) is 4.70. The average Bonchev–Trinajstić information content (AvgIpc) is 2.66. The van der Waals surface area contributed by atoms with Crippen LogP contribution >= 0.6 is 0 Å². The summed E-state index contributed by atoms with van der Waals surface area (Å²) < 4.78 is 5.10. The Morgan fingerprint density at radius 1 is 1.00 bits per heavy atom. The Bertz CT molecular complexity index is 904. The van der Waals surface area contributed by atoms with Gasteiger partial charge >= 0.3 is 0 Å². The van der Waals surface area contributed by atoms with Gasteiger partial charge in [0.25, 0.3) is 5.91 Å². The molecule has 2 aromatic carbocycles. The average molecular weight is 347 g/mol. The van der Waals surface area contributed by atoms with Crippen molar-refractivity contribution in [1.29, 1.82) is 0 Å². The number of ether oxygens (including phenoxy) is 1. The minimum atomic E-state index is -0.190. The molecule has 0 aliphatic rings. The molecule has 26 heavy (non-hydrogen) atoms. The standard InChI is InChI=1S/C21H21N3O2/c1-14-4-5-15(2)19(12-14)24-20-11-8-17(13-22-20)23-21(25)16-6-9-18(26-3)10-7-16/h4-13H,1-3H3,(H,22,24)(H,23,25). The number of benzene rings is 2. The zero-order chi connectivity index (χ0) is 18.5. The summed E-state index contributed by atoms with van der Waals surface area (Å²) in [5.41, 5.74) is 4.55. The van der Waals surface area contributed by atoms with Gasteiger partial charge in [-0.25, -0.2) is 4.98 Å². The van der Waals surface area contributed by atoms with Gasteiger partial charge < -0.3 is 15.4 Å². The second-order valence-electron chi connectivity index (χ2n) is 6.06. The van der Waals surface area contributed by atoms with E-state index in [4.69, 9.17) is 4.74 Å². The molecule has 5 nitrogen and oxygen atoms in total. The lowest BCUT2D eigenvalue weighted by atomic mass is 10.1. The monoisotopic (exact) mass is 347 g/mol. The second kappa shape index (κ2) is 7.70. The van der Waals surface area contributed by atoms with Crippen LogP contribution in [0.1, 0.15) is 21.5 Å². The van der Waals surface area contributed by atoms with Gasteiger partial charge in [-0.1, -0.05) is 12.1 Å². The third-order valence-electron chi connectivity index (χ3n) is 4.03. The first-order valence-corrected chi connectivity index (χ1v) is 8.31. The smallest absolute Gasteiger partial charge is 0.255 e. The Morgan fingerprint density at radius 3 is 2.42 bits per heavy atom. The number of amides is 1. The summed E-state index contributed by atoms with van der Waals surface area (Å²) in [6, 6.07) is 16.8. The Labute approximate surface area is 153 Å². The highest BCUT2D eigenvalue weighted by molar-refractivity contribution is 6.04. The first-order chi connectivity index (χ1) is 12.5. The number of rotatable bonds is 5. The van der Waals surface area contributed by atoms with Crippen LogP contribution in [0.25, 0.3) is 0 Å². The van der Waals surface area contributed by atoms with Gasteiger partial charge in [0.05, 0.1) is 19.0 Å². The molecule has 5 heteroatoms. The number of carbonyl (C=O) groups is 1. The number of nitrogens with one attached hydrogen (secondary N) is 2. The van der Waals surface area contributed by atoms with Crippen LogP contribution in [0.4, 0.5) is 17.2 Å². The lowest BCUT2D eigenvalue weighted by Crippen LogP contribution is -2.12. The molecule has 0 atom stereocenters. The molecular weight excluding hydrogens is 326 g/mol. The van der Waals surface area contributed by atoms with Crippen molar-refractivity contribution in [2.45, 2.75) is 13.8 Å². The number of carbonyl (C=O) groups excluding carboxylic acids is 1. The van der Waals surface area contributed by atoms with Gasteiger partial charge in [-0.3, -0.25) is 4.79 Å². The highest BCUT2D eigenvalue weighted by Crippen LogP contribution is 2.21. The second-order valence-corrected chi connectivity index (χ2v) is 6.06. The van der Waals surface area contributed by atoms with Crippen molar-refractivity contribution in [2.24, 2.45) is 0 Å². The lowest BCUT2D eigenvalue weighted by Gasteiger charge is -2.11. The van der Waals surface area contributed by atoms with Crippen molar-refractivity contribution in [2.75, 3.05) is 17.7 Å². The van der Waals surface area contributed by atoms with Crippen LogP contribution < -0.4 is 15.4 Å². The van der Waals surface area contributed by atoms with Crippen LogP contribution in [0, 0.1) is 13.8 Å². The van der Waals surface area contributed by atoms with Crippen molar-refractivity contribution < 1.29 is 9.53 Å². The van der Waals surface area contributed by atoms with Crippen LogP contribution in [-0.2, 0) is 0 Å². The maximum atomic E-state index is 12.3. The zero-order valence-corrected chi connectivity index (χ0v) is 15.0. The van der Waals surface area contributed by atoms with Crippen LogP contribution in [0.15, 0.2) is 60.8 Å². The molecule has 0 aliphatic carbocycles. The largest absolute Gasteiger partial charge is 0.497 e. The van der Waals surface area contributed by atoms with Gasteiger partial charge in [0.1, 0.15) is 11.6 Å². The minimum Gasteiger partial charge on any atom is -0.497 e. The molecule has 0 unspecified atom stereocenters. The Kier molecular flexibility index (Phi) is 5.17. The van der Waals surface area contributed by atoms with Gasteiger partial charge in [0.2, 0.25) is 0 Å². The van der Waals surface area contributed by atoms with E-state index < -0.39 is 0 Å². The summed E-state index contributed by atoms with van der Waals surface area (Å²) in [5, 5.41) is 6.14. The molecule has 0 saturated carbocycles. The number of aromatic nitrogens is 1. The molecule has 0 fully saturated rings. The molecule has 0 aliphatic heterocycles. The van der Waals surface area contributed by atoms with Crippen molar-refractivity contribution in [3.63, 3.8) is 0 Å². The van der Waals surface area contributed by atoms with Gasteiger partial charge in [-0.15, -0.1) is 0 Å². The summed E-state index contributed by atoms with van der Waals surface area (Å²) in [6.07, 6.45) is 1.63. The maximum absolute atomic E-state index is 12.3. The highest BCUT2D eigenvalue weighted by atomic mass is 16.5. The summed E-state index contributed by atoms with van der Waals surface area (Å²) in [6.45, 7) is 4.10. The van der Waals surface area contributed by atoms with Crippen LogP contribution in [-0.4, -0.2) is 18.0 Å². The normalized spacial score (nSPS) is 10.3. The summed E-state index contributed by atoms with van der Waals surface area (Å²) >= 11 is 0. The summed E-state index contributed by atoms with van der Waals surface area (Å²) in [5.74, 6) is 1.25. The third kappa shape index (κ3) is 4.19. The number of methoxy groups -OCH3 is 1. The molecule has 0 saturated heterocycles. The van der Waals surface area contributed by atoms with E-state index in [2.05, 4.69) is 40.7 Å². The Morgan fingerprint density at radius 2 is 1.77 bits per heavy atom. The number of nitrogens with zero attached hydrogens (tertiary/aromatic N) is 1. The fourth-order valence-corrected chi connectivity index (χ4v) is 2.50. The first-order valence-electron chi connectivity index (χ1n) is 8.31. The van der Waals surface area contributed by atoms with E-state index in [0.717, 1.165) is 17.1 Å². The molecule has 3 aromatic rings. The third-order valence-corrected chi connectivity index (χ3v) is 4.03. The van der Waals surface area contributed by atoms with Crippen molar-refractivity contribution in [3.05, 3.63) is 77.5 Å². The van der Waals surface area contributed by atoms with E-state index in [1.165, 1.54) is 5.56 Å². The van der Waals surface area contributed by atoms with Crippen LogP contribution in [0.2, 0.25) is 0 Å². The van der Waals surface area contributed by atoms with Crippen molar-refractivity contribution in [1.82, 2.24) is 4.98 Å². The Hall–Kier alpha value is -3.34. The van der Waals surface area contributed by atoms with Crippen LogP contribution in [0.3, 0.4) is 0 Å². The molecule has 1 heterocycles. The predicted molar refractivity (Wildman–Crippen MR) is 104 cm³/mol. The molecular formula is C21H21N3O2.